The molecule has 1 aromatic carbocycles. The number of carbonyl (C=O) groups excluding carboxylic acids is 2. The fraction of sp³-hybridized carbons (Fsp3) is 0.381. The monoisotopic (exact) mass is 380 g/mol. The number of aromatic nitrogens is 1. The number of anilines is 1. The van der Waals surface area contributed by atoms with Crippen LogP contribution in [-0.4, -0.2) is 49.6 Å². The molecule has 0 bridgehead atoms. The molecular weight excluding hydrogens is 356 g/mol. The zero-order valence-corrected chi connectivity index (χ0v) is 15.7. The van der Waals surface area contributed by atoms with Gasteiger partial charge in [-0.1, -0.05) is 30.3 Å². The van der Waals surface area contributed by atoms with Crippen molar-refractivity contribution in [3.8, 4) is 0 Å². The van der Waals surface area contributed by atoms with Gasteiger partial charge in [0.2, 0.25) is 5.91 Å². The maximum Gasteiger partial charge on any atom is 0.270 e. The molecule has 2 aliphatic heterocycles. The quantitative estimate of drug-likeness (QED) is 0.839. The van der Waals surface area contributed by atoms with Gasteiger partial charge in [-0.3, -0.25) is 14.6 Å². The molecule has 1 aromatic heterocycles. The predicted octanol–water partition coefficient (Wildman–Crippen LogP) is 1.45. The maximum absolute atomic E-state index is 13.1. The van der Waals surface area contributed by atoms with Crippen molar-refractivity contribution in [3.63, 3.8) is 0 Å². The zero-order valence-electron chi connectivity index (χ0n) is 15.7. The van der Waals surface area contributed by atoms with Gasteiger partial charge in [0.1, 0.15) is 5.69 Å². The number of carbonyl (C=O) groups is 2. The lowest BCUT2D eigenvalue weighted by Crippen LogP contribution is -2.51. The second-order valence-electron chi connectivity index (χ2n) is 7.23. The third-order valence-electron chi connectivity index (χ3n) is 5.30. The minimum atomic E-state index is -0.556. The smallest absolute Gasteiger partial charge is 0.270 e. The SMILES string of the molecule is O=C1CN(c2ccnc(C(=O)NC3(c4ccccc4)CCCOC3)c2)CCN1. The maximum atomic E-state index is 13.1. The van der Waals surface area contributed by atoms with E-state index in [9.17, 15) is 9.59 Å². The molecule has 0 aliphatic carbocycles. The van der Waals surface area contributed by atoms with Gasteiger partial charge in [-0.2, -0.15) is 0 Å². The average Bonchev–Trinajstić information content (AvgIpc) is 2.75. The highest BCUT2D eigenvalue weighted by Crippen LogP contribution is 2.31. The molecule has 3 heterocycles. The fourth-order valence-electron chi connectivity index (χ4n) is 3.83. The highest BCUT2D eigenvalue weighted by atomic mass is 16.5. The summed E-state index contributed by atoms with van der Waals surface area (Å²) in [6.45, 7) is 2.73. The first-order valence-corrected chi connectivity index (χ1v) is 9.60. The summed E-state index contributed by atoms with van der Waals surface area (Å²) in [5, 5.41) is 5.99. The fourth-order valence-corrected chi connectivity index (χ4v) is 3.83. The summed E-state index contributed by atoms with van der Waals surface area (Å²) in [5.41, 5.74) is 1.64. The van der Waals surface area contributed by atoms with E-state index in [-0.39, 0.29) is 18.4 Å². The van der Waals surface area contributed by atoms with Crippen LogP contribution in [-0.2, 0) is 15.1 Å². The Bertz CT molecular complexity index is 850. The summed E-state index contributed by atoms with van der Waals surface area (Å²) in [6, 6.07) is 13.5. The van der Waals surface area contributed by atoms with Crippen molar-refractivity contribution in [1.29, 1.82) is 0 Å². The zero-order chi connectivity index (χ0) is 19.4. The molecule has 2 aliphatic rings. The first-order valence-electron chi connectivity index (χ1n) is 9.60. The number of nitrogens with zero attached hydrogens (tertiary/aromatic N) is 2. The van der Waals surface area contributed by atoms with E-state index in [0.29, 0.717) is 32.0 Å². The third-order valence-corrected chi connectivity index (χ3v) is 5.30. The van der Waals surface area contributed by atoms with Gasteiger partial charge >= 0.3 is 0 Å². The first kappa shape index (κ1) is 18.4. The summed E-state index contributed by atoms with van der Waals surface area (Å²) >= 11 is 0. The Kier molecular flexibility index (Phi) is 5.25. The Morgan fingerprint density at radius 2 is 2.11 bits per heavy atom. The summed E-state index contributed by atoms with van der Waals surface area (Å²) in [7, 11) is 0. The van der Waals surface area contributed by atoms with E-state index < -0.39 is 5.54 Å². The van der Waals surface area contributed by atoms with Crippen LogP contribution in [0.5, 0.6) is 0 Å². The second-order valence-corrected chi connectivity index (χ2v) is 7.23. The van der Waals surface area contributed by atoms with Crippen molar-refractivity contribution in [2.75, 3.05) is 37.7 Å². The van der Waals surface area contributed by atoms with E-state index in [1.165, 1.54) is 0 Å². The molecule has 2 N–H and O–H groups in total. The predicted molar refractivity (Wildman–Crippen MR) is 105 cm³/mol. The minimum Gasteiger partial charge on any atom is -0.379 e. The van der Waals surface area contributed by atoms with Crippen LogP contribution in [0, 0.1) is 0 Å². The van der Waals surface area contributed by atoms with E-state index in [1.54, 1.807) is 12.3 Å². The van der Waals surface area contributed by atoms with Crippen LogP contribution in [0.15, 0.2) is 48.7 Å². The minimum absolute atomic E-state index is 0.0172. The van der Waals surface area contributed by atoms with Gasteiger partial charge < -0.3 is 20.3 Å². The number of nitrogens with one attached hydrogen (secondary N) is 2. The van der Waals surface area contributed by atoms with Crippen LogP contribution in [0.1, 0.15) is 28.9 Å². The van der Waals surface area contributed by atoms with Crippen LogP contribution in [0.2, 0.25) is 0 Å². The molecule has 1 atom stereocenters. The highest BCUT2D eigenvalue weighted by molar-refractivity contribution is 5.94. The van der Waals surface area contributed by atoms with E-state index >= 15 is 0 Å². The van der Waals surface area contributed by atoms with Crippen LogP contribution in [0.25, 0.3) is 0 Å². The Balaban J connectivity index is 1.56. The van der Waals surface area contributed by atoms with Gasteiger partial charge in [0, 0.05) is 31.6 Å². The standard InChI is InChI=1S/C21H24N4O3/c26-19-14-25(11-10-23-19)17-7-9-22-18(13-17)20(27)24-21(8-4-12-28-15-21)16-5-2-1-3-6-16/h1-3,5-7,9,13H,4,8,10-12,14-15H2,(H,23,26)(H,24,27). The van der Waals surface area contributed by atoms with E-state index in [4.69, 9.17) is 4.74 Å². The van der Waals surface area contributed by atoms with Crippen LogP contribution in [0.3, 0.4) is 0 Å². The normalized spacial score (nSPS) is 22.4. The Hall–Kier alpha value is -2.93. The Morgan fingerprint density at radius 1 is 1.25 bits per heavy atom. The van der Waals surface area contributed by atoms with Crippen molar-refractivity contribution < 1.29 is 14.3 Å². The molecule has 1 unspecified atom stereocenters. The van der Waals surface area contributed by atoms with Gasteiger partial charge in [-0.05, 0) is 30.5 Å². The van der Waals surface area contributed by atoms with Crippen molar-refractivity contribution in [2.45, 2.75) is 18.4 Å². The number of hydrogen-bond acceptors (Lipinski definition) is 5. The van der Waals surface area contributed by atoms with Gasteiger partial charge in [-0.15, -0.1) is 0 Å². The molecule has 7 heteroatoms. The van der Waals surface area contributed by atoms with Gasteiger partial charge in [0.15, 0.2) is 0 Å². The second kappa shape index (κ2) is 7.98. The Morgan fingerprint density at radius 3 is 2.86 bits per heavy atom. The van der Waals surface area contributed by atoms with Crippen molar-refractivity contribution in [1.82, 2.24) is 15.6 Å². The number of hydrogen-bond donors (Lipinski definition) is 2. The molecule has 7 nitrogen and oxygen atoms in total. The summed E-state index contributed by atoms with van der Waals surface area (Å²) < 4.78 is 5.72. The number of piperazine rings is 1. The molecule has 2 aromatic rings. The molecule has 0 spiro atoms. The molecule has 2 fully saturated rings. The molecule has 4 rings (SSSR count). The number of amides is 2. The molecule has 0 saturated carbocycles. The molecular formula is C21H24N4O3. The Labute approximate surface area is 164 Å². The molecule has 146 valence electrons. The average molecular weight is 380 g/mol. The number of ether oxygens (including phenoxy) is 1. The van der Waals surface area contributed by atoms with E-state index in [0.717, 1.165) is 24.1 Å². The molecule has 2 saturated heterocycles. The number of benzene rings is 1. The van der Waals surface area contributed by atoms with Gasteiger partial charge in [-0.25, -0.2) is 0 Å². The van der Waals surface area contributed by atoms with Crippen LogP contribution < -0.4 is 15.5 Å². The van der Waals surface area contributed by atoms with Gasteiger partial charge in [0.25, 0.3) is 5.91 Å². The topological polar surface area (TPSA) is 83.6 Å². The number of rotatable bonds is 4. The summed E-state index contributed by atoms with van der Waals surface area (Å²) in [5.74, 6) is -0.255. The van der Waals surface area contributed by atoms with E-state index in [1.807, 2.05) is 41.3 Å². The van der Waals surface area contributed by atoms with Crippen molar-refractivity contribution in [3.05, 3.63) is 59.9 Å². The third kappa shape index (κ3) is 3.84. The lowest BCUT2D eigenvalue weighted by atomic mass is 9.84. The number of pyridine rings is 1. The summed E-state index contributed by atoms with van der Waals surface area (Å²) in [4.78, 5) is 30.9. The highest BCUT2D eigenvalue weighted by Gasteiger charge is 2.36. The first-order chi connectivity index (χ1) is 13.7. The van der Waals surface area contributed by atoms with Crippen LogP contribution >= 0.6 is 0 Å². The lowest BCUT2D eigenvalue weighted by Gasteiger charge is -2.38. The van der Waals surface area contributed by atoms with Crippen LogP contribution in [0.4, 0.5) is 5.69 Å². The molecule has 2 amide bonds. The van der Waals surface area contributed by atoms with E-state index in [2.05, 4.69) is 15.6 Å². The molecule has 28 heavy (non-hydrogen) atoms. The molecule has 0 radical (unpaired) electrons. The van der Waals surface area contributed by atoms with Crippen molar-refractivity contribution >= 4 is 17.5 Å². The van der Waals surface area contributed by atoms with Gasteiger partial charge in [0.05, 0.1) is 18.7 Å². The van der Waals surface area contributed by atoms with Crippen molar-refractivity contribution in [2.24, 2.45) is 0 Å². The largest absolute Gasteiger partial charge is 0.379 e. The summed E-state index contributed by atoms with van der Waals surface area (Å²) in [6.07, 6.45) is 3.31. The lowest BCUT2D eigenvalue weighted by molar-refractivity contribution is -0.120.